The van der Waals surface area contributed by atoms with E-state index in [0.29, 0.717) is 29.7 Å². The van der Waals surface area contributed by atoms with Crippen molar-refractivity contribution in [1.82, 2.24) is 0 Å². The van der Waals surface area contributed by atoms with Crippen LogP contribution >= 0.6 is 15.9 Å². The van der Waals surface area contributed by atoms with Gasteiger partial charge in [-0.2, -0.15) is 8.42 Å². The van der Waals surface area contributed by atoms with E-state index >= 15 is 0 Å². The lowest BCUT2D eigenvalue weighted by atomic mass is 10.2. The van der Waals surface area contributed by atoms with Gasteiger partial charge in [0, 0.05) is 11.9 Å². The van der Waals surface area contributed by atoms with Crippen molar-refractivity contribution in [2.45, 2.75) is 13.3 Å². The monoisotopic (exact) mass is 398 g/mol. The van der Waals surface area contributed by atoms with E-state index in [-0.39, 0.29) is 5.69 Å². The molecule has 7 heteroatoms. The molecule has 0 saturated carbocycles. The second-order valence-corrected chi connectivity index (χ2v) is 7.83. The lowest BCUT2D eigenvalue weighted by Gasteiger charge is -2.22. The summed E-state index contributed by atoms with van der Waals surface area (Å²) in [6.07, 6.45) is 0.664. The smallest absolute Gasteiger partial charge is 0.251 e. The number of rotatable bonds is 4. The first kappa shape index (κ1) is 16.3. The van der Waals surface area contributed by atoms with Crippen LogP contribution in [-0.2, 0) is 10.2 Å². The molecule has 4 nitrogen and oxygen atoms in total. The maximum absolute atomic E-state index is 14.4. The second-order valence-electron chi connectivity index (χ2n) is 5.33. The first-order chi connectivity index (χ1) is 11.0. The number of halogens is 2. The predicted molar refractivity (Wildman–Crippen MR) is 94.4 cm³/mol. The van der Waals surface area contributed by atoms with Crippen LogP contribution in [-0.4, -0.2) is 20.3 Å². The highest BCUT2D eigenvalue weighted by Crippen LogP contribution is 2.45. The zero-order valence-electron chi connectivity index (χ0n) is 12.5. The lowest BCUT2D eigenvalue weighted by Crippen LogP contribution is -2.36. The minimum absolute atomic E-state index is 0.0457. The first-order valence-corrected chi connectivity index (χ1v) is 9.73. The van der Waals surface area contributed by atoms with Gasteiger partial charge >= 0.3 is 10.2 Å². The van der Waals surface area contributed by atoms with Crippen LogP contribution in [0.2, 0.25) is 0 Å². The van der Waals surface area contributed by atoms with Gasteiger partial charge in [0.05, 0.1) is 17.1 Å². The molecule has 0 fully saturated rings. The van der Waals surface area contributed by atoms with Gasteiger partial charge in [-0.3, -0.25) is 4.31 Å². The molecule has 1 aliphatic rings. The molecule has 0 spiro atoms. The van der Waals surface area contributed by atoms with Crippen LogP contribution < -0.4 is 8.61 Å². The van der Waals surface area contributed by atoms with E-state index in [0.717, 1.165) is 9.87 Å². The average molecular weight is 399 g/mol. The molecular weight excluding hydrogens is 383 g/mol. The van der Waals surface area contributed by atoms with Gasteiger partial charge < -0.3 is 0 Å². The SMILES string of the molecule is Cc1ccc(N2c3ccccc3N(CCCBr)S2(=O)=O)c(F)c1. The summed E-state index contributed by atoms with van der Waals surface area (Å²) in [5, 5.41) is 0.695. The molecule has 122 valence electrons. The Balaban J connectivity index is 2.17. The molecule has 0 amide bonds. The van der Waals surface area contributed by atoms with E-state index in [1.807, 2.05) is 0 Å². The predicted octanol–water partition coefficient (Wildman–Crippen LogP) is 4.12. The topological polar surface area (TPSA) is 40.6 Å². The molecule has 0 atom stereocenters. The molecule has 0 N–H and O–H groups in total. The highest BCUT2D eigenvalue weighted by Gasteiger charge is 2.41. The summed E-state index contributed by atoms with van der Waals surface area (Å²) in [5.41, 5.74) is 1.84. The number of hydrogen-bond acceptors (Lipinski definition) is 2. The molecule has 0 aliphatic carbocycles. The summed E-state index contributed by atoms with van der Waals surface area (Å²) in [6.45, 7) is 2.11. The molecule has 1 heterocycles. The summed E-state index contributed by atoms with van der Waals surface area (Å²) >= 11 is 3.32. The van der Waals surface area contributed by atoms with Crippen molar-refractivity contribution in [2.24, 2.45) is 0 Å². The van der Waals surface area contributed by atoms with Gasteiger partial charge in [-0.25, -0.2) is 8.70 Å². The van der Waals surface area contributed by atoms with E-state index in [4.69, 9.17) is 0 Å². The van der Waals surface area contributed by atoms with E-state index in [1.54, 1.807) is 37.3 Å². The Kier molecular flexibility index (Phi) is 4.33. The van der Waals surface area contributed by atoms with Gasteiger partial charge in [0.2, 0.25) is 0 Å². The van der Waals surface area contributed by atoms with Crippen molar-refractivity contribution >= 4 is 43.2 Å². The van der Waals surface area contributed by atoms with Crippen LogP contribution in [0.5, 0.6) is 0 Å². The Hall–Kier alpha value is -1.60. The first-order valence-electron chi connectivity index (χ1n) is 7.21. The quantitative estimate of drug-likeness (QED) is 0.726. The van der Waals surface area contributed by atoms with E-state index in [9.17, 15) is 12.8 Å². The van der Waals surface area contributed by atoms with Gasteiger partial charge in [0.15, 0.2) is 0 Å². The average Bonchev–Trinajstić information content (AvgIpc) is 2.72. The minimum Gasteiger partial charge on any atom is -0.251 e. The third-order valence-electron chi connectivity index (χ3n) is 3.70. The number of hydrogen-bond donors (Lipinski definition) is 0. The molecule has 23 heavy (non-hydrogen) atoms. The fourth-order valence-corrected chi connectivity index (χ4v) is 4.67. The molecule has 2 aromatic rings. The zero-order chi connectivity index (χ0) is 16.6. The van der Waals surface area contributed by atoms with Crippen molar-refractivity contribution in [3.8, 4) is 0 Å². The molecule has 1 aliphatic heterocycles. The fraction of sp³-hybridized carbons (Fsp3) is 0.250. The van der Waals surface area contributed by atoms with Gasteiger partial charge in [-0.1, -0.05) is 34.1 Å². The van der Waals surface area contributed by atoms with Crippen molar-refractivity contribution in [3.63, 3.8) is 0 Å². The zero-order valence-corrected chi connectivity index (χ0v) is 14.9. The van der Waals surface area contributed by atoms with Gasteiger partial charge in [0.25, 0.3) is 0 Å². The molecule has 0 bridgehead atoms. The Morgan fingerprint density at radius 2 is 1.78 bits per heavy atom. The van der Waals surface area contributed by atoms with Crippen LogP contribution in [0.3, 0.4) is 0 Å². The van der Waals surface area contributed by atoms with Crippen molar-refractivity contribution in [2.75, 3.05) is 20.5 Å². The largest absolute Gasteiger partial charge is 0.331 e. The Morgan fingerprint density at radius 3 is 2.43 bits per heavy atom. The number of anilines is 3. The van der Waals surface area contributed by atoms with Crippen LogP contribution in [0, 0.1) is 12.7 Å². The standard InChI is InChI=1S/C16H16BrFN2O2S/c1-12-7-8-14(13(18)11-12)20-16-6-3-2-5-15(16)19(10-4-9-17)23(20,21)22/h2-3,5-8,11H,4,9-10H2,1H3. The number of fused-ring (bicyclic) bond motifs is 1. The maximum atomic E-state index is 14.4. The highest BCUT2D eigenvalue weighted by molar-refractivity contribution is 9.09. The van der Waals surface area contributed by atoms with E-state index in [1.165, 1.54) is 16.4 Å². The van der Waals surface area contributed by atoms with Crippen molar-refractivity contribution in [1.29, 1.82) is 0 Å². The number of alkyl halides is 1. The summed E-state index contributed by atoms with van der Waals surface area (Å²) in [5.74, 6) is -0.550. The minimum atomic E-state index is -3.84. The summed E-state index contributed by atoms with van der Waals surface area (Å²) in [4.78, 5) is 0. The molecule has 3 rings (SSSR count). The highest BCUT2D eigenvalue weighted by atomic mass is 79.9. The third kappa shape index (κ3) is 2.72. The van der Waals surface area contributed by atoms with Crippen LogP contribution in [0.1, 0.15) is 12.0 Å². The Labute approximate surface area is 143 Å². The van der Waals surface area contributed by atoms with Gasteiger partial charge in [0.1, 0.15) is 5.82 Å². The molecule has 0 radical (unpaired) electrons. The number of nitrogens with zero attached hydrogens (tertiary/aromatic N) is 2. The summed E-state index contributed by atoms with van der Waals surface area (Å²) in [6, 6.07) is 11.5. The number of para-hydroxylation sites is 2. The molecule has 0 unspecified atom stereocenters. The van der Waals surface area contributed by atoms with Gasteiger partial charge in [-0.15, -0.1) is 0 Å². The maximum Gasteiger partial charge on any atom is 0.331 e. The molecular formula is C16H16BrFN2O2S. The van der Waals surface area contributed by atoms with Crippen LogP contribution in [0.4, 0.5) is 21.5 Å². The molecule has 0 aromatic heterocycles. The number of benzene rings is 2. The van der Waals surface area contributed by atoms with Crippen molar-refractivity contribution < 1.29 is 12.8 Å². The van der Waals surface area contributed by atoms with E-state index in [2.05, 4.69) is 15.9 Å². The Morgan fingerprint density at radius 1 is 1.09 bits per heavy atom. The summed E-state index contributed by atoms with van der Waals surface area (Å²) in [7, 11) is -3.84. The van der Waals surface area contributed by atoms with Gasteiger partial charge in [-0.05, 0) is 43.2 Å². The van der Waals surface area contributed by atoms with Crippen LogP contribution in [0.25, 0.3) is 0 Å². The van der Waals surface area contributed by atoms with Crippen LogP contribution in [0.15, 0.2) is 42.5 Å². The fourth-order valence-electron chi connectivity index (χ4n) is 2.66. The summed E-state index contributed by atoms with van der Waals surface area (Å²) < 4.78 is 42.7. The van der Waals surface area contributed by atoms with Crippen molar-refractivity contribution in [3.05, 3.63) is 53.8 Å². The number of aryl methyl sites for hydroxylation is 1. The second kappa shape index (κ2) is 6.13. The molecule has 0 saturated heterocycles. The normalized spacial score (nSPS) is 15.8. The lowest BCUT2D eigenvalue weighted by molar-refractivity contribution is 0.590. The Bertz CT molecular complexity index is 842. The third-order valence-corrected chi connectivity index (χ3v) is 6.05. The van der Waals surface area contributed by atoms with E-state index < -0.39 is 16.0 Å². The molecule has 2 aromatic carbocycles.